The van der Waals surface area contributed by atoms with Gasteiger partial charge in [0.2, 0.25) is 41.3 Å². The summed E-state index contributed by atoms with van der Waals surface area (Å²) in [6, 6.07) is 9.31. The summed E-state index contributed by atoms with van der Waals surface area (Å²) < 4.78 is 17.1. The van der Waals surface area contributed by atoms with Crippen LogP contribution in [0.1, 0.15) is 137 Å². The summed E-state index contributed by atoms with van der Waals surface area (Å²) in [7, 11) is 5.25. The molecule has 0 spiro atoms. The lowest BCUT2D eigenvalue weighted by Gasteiger charge is -2.40. The summed E-state index contributed by atoms with van der Waals surface area (Å²) in [4.78, 5) is 180. The van der Waals surface area contributed by atoms with Crippen molar-refractivity contribution in [2.75, 3.05) is 52.2 Å². The van der Waals surface area contributed by atoms with Crippen molar-refractivity contribution in [2.45, 2.75) is 166 Å². The van der Waals surface area contributed by atoms with Crippen molar-refractivity contribution in [3.63, 3.8) is 0 Å². The number of nitrogens with zero attached hydrogens (tertiary/aromatic N) is 7. The van der Waals surface area contributed by atoms with Crippen molar-refractivity contribution in [1.82, 2.24) is 50.8 Å². The number of hydrogen-bond acceptors (Lipinski definition) is 20. The van der Waals surface area contributed by atoms with Gasteiger partial charge in [0, 0.05) is 90.8 Å². The number of aromatic hydroxyl groups is 1. The number of fused-ring (bicyclic) bond motifs is 5. The predicted octanol–water partition coefficient (Wildman–Crippen LogP) is 3.80. The van der Waals surface area contributed by atoms with Gasteiger partial charge in [0.05, 0.1) is 12.5 Å². The Labute approximate surface area is 586 Å². The number of piperidine rings is 1. The summed E-state index contributed by atoms with van der Waals surface area (Å²) in [5.74, 6) is -8.09. The van der Waals surface area contributed by atoms with Crippen LogP contribution in [0.5, 0.6) is 5.75 Å². The highest BCUT2D eigenvalue weighted by molar-refractivity contribution is 6.02. The third-order valence-electron chi connectivity index (χ3n) is 18.4. The van der Waals surface area contributed by atoms with E-state index in [1.165, 1.54) is 64.2 Å². The van der Waals surface area contributed by atoms with Gasteiger partial charge in [0.25, 0.3) is 11.8 Å². The topological polar surface area (TPSA) is 367 Å². The third kappa shape index (κ3) is 19.8. The van der Waals surface area contributed by atoms with Crippen LogP contribution in [0.4, 0.5) is 5.69 Å². The van der Waals surface area contributed by atoms with E-state index >= 15 is 0 Å². The second-order valence-electron chi connectivity index (χ2n) is 26.4. The zero-order chi connectivity index (χ0) is 73.4. The first-order valence-corrected chi connectivity index (χ1v) is 34.1. The van der Waals surface area contributed by atoms with E-state index in [0.717, 1.165) is 11.3 Å². The number of aliphatic hydroxyl groups excluding tert-OH is 1. The largest absolute Gasteiger partial charge is 0.505 e. The van der Waals surface area contributed by atoms with Gasteiger partial charge in [-0.25, -0.2) is 19.6 Å². The first-order chi connectivity index (χ1) is 48.1. The summed E-state index contributed by atoms with van der Waals surface area (Å²) in [5.41, 5.74) is 2.19. The molecule has 2 aromatic carbocycles. The first kappa shape index (κ1) is 76.4. The molecule has 4 aromatic rings. The van der Waals surface area contributed by atoms with Crippen LogP contribution in [0.3, 0.4) is 0 Å². The Morgan fingerprint density at radius 3 is 2.15 bits per heavy atom. The minimum atomic E-state index is -1.68. The highest BCUT2D eigenvalue weighted by Crippen LogP contribution is 2.29. The van der Waals surface area contributed by atoms with Gasteiger partial charge in [-0.2, -0.15) is 0 Å². The van der Waals surface area contributed by atoms with Crippen LogP contribution in [0.15, 0.2) is 120 Å². The molecule has 0 saturated carbocycles. The number of aliphatic hydroxyl groups is 1. The third-order valence-corrected chi connectivity index (χ3v) is 18.4. The van der Waals surface area contributed by atoms with Crippen LogP contribution >= 0.6 is 0 Å². The number of allylic oxidation sites excluding steroid dienone is 2. The van der Waals surface area contributed by atoms with Gasteiger partial charge in [-0.1, -0.05) is 100 Å². The number of benzene rings is 2. The number of amides is 8. The van der Waals surface area contributed by atoms with Crippen LogP contribution in [0.2, 0.25) is 0 Å². The molecular formula is C73H91N11O17. The zero-order valence-corrected chi connectivity index (χ0v) is 58.4. The van der Waals surface area contributed by atoms with Crippen LogP contribution in [0, 0.1) is 11.8 Å². The molecular weight excluding hydrogens is 1300 g/mol. The molecule has 0 aliphatic carbocycles. The number of ketones is 2. The van der Waals surface area contributed by atoms with Crippen LogP contribution in [-0.4, -0.2) is 212 Å². The lowest BCUT2D eigenvalue weighted by atomic mass is 9.94. The lowest BCUT2D eigenvalue weighted by Crippen LogP contribution is -2.61. The highest BCUT2D eigenvalue weighted by Gasteiger charge is 2.47. The number of cyclic esters (lactones) is 2. The van der Waals surface area contributed by atoms with E-state index in [9.17, 15) is 67.7 Å². The smallest absolute Gasteiger partial charge is 0.333 e. The number of Topliss-reactive ketones (excluding diaryl/α,β-unsaturated/α-hetero) is 2. The number of ether oxygens (including phenoxy) is 2. The van der Waals surface area contributed by atoms with E-state index < -0.39 is 125 Å². The molecule has 28 nitrogen and oxygen atoms in total. The summed E-state index contributed by atoms with van der Waals surface area (Å²) in [6.07, 6.45) is 8.79. The standard InChI is InChI=1S/C45H54N8O10.C28H37N3O7/c1-6-31-42(59)52-22-11-14-32(52)43(60)51(5)34(24-27-16-18-29(19-17-27)50(3)4)44(61)53-23-20-30(54)25-33(53)39(56)49-37(28-12-8-7-9-13-28)45(62)63-26(2)36(40(57)47-31)48-41(58)38-35(55)15-10-21-46-38;1-17(2)26-19(4)9-10-24(34)29-11-5-7-18(3)13-20(32)14-21(33)15-25-30-22(16-37-25)27(35)31-12-6-8-23(31)28(36)38-26/h7-10,12-13,15-19,21,26,31-34,36-37,55H,6,11,14,20,22-25H2,1-5H3,(H,47,57)(H,48,58)(H,49,56);5,7,9-10,13,16-17,19-20,23,26,32H,6,8,11-12,14-15H2,1-4H3,(H,29,34)/b;7-5+,10-9+,18-13+/t;19-,20-,23?,26-/m.1/s1. The lowest BCUT2D eigenvalue weighted by molar-refractivity contribution is -0.158. The maximum atomic E-state index is 15.0. The van der Waals surface area contributed by atoms with Gasteiger partial charge in [0.1, 0.15) is 72.0 Å². The molecule has 8 unspecified atom stereocenters. The quantitative estimate of drug-likeness (QED) is 0.137. The minimum absolute atomic E-state index is 0.00930. The van der Waals surface area contributed by atoms with E-state index in [0.29, 0.717) is 31.4 Å². The molecule has 4 fully saturated rings. The van der Waals surface area contributed by atoms with E-state index in [-0.39, 0.29) is 111 Å². The average Bonchev–Trinajstić information content (AvgIpc) is 1.79. The molecule has 5 aliphatic rings. The fourth-order valence-electron chi connectivity index (χ4n) is 12.9. The van der Waals surface area contributed by atoms with Gasteiger partial charge < -0.3 is 69.9 Å². The molecule has 8 amide bonds. The Morgan fingerprint density at radius 2 is 1.47 bits per heavy atom. The Balaban J connectivity index is 0.000000291. The number of carbonyl (C=O) groups is 12. The number of rotatable bonds is 8. The first-order valence-electron chi connectivity index (χ1n) is 34.1. The Bertz CT molecular complexity index is 3790. The molecule has 9 rings (SSSR count). The van der Waals surface area contributed by atoms with Gasteiger partial charge in [-0.15, -0.1) is 0 Å². The van der Waals surface area contributed by atoms with Crippen LogP contribution < -0.4 is 26.2 Å². The Morgan fingerprint density at radius 1 is 0.772 bits per heavy atom. The van der Waals surface area contributed by atoms with Crippen molar-refractivity contribution in [3.05, 3.63) is 144 Å². The second kappa shape index (κ2) is 35.1. The molecule has 0 radical (unpaired) electrons. The number of pyridine rings is 1. The molecule has 5 aliphatic heterocycles. The number of anilines is 1. The number of aromatic nitrogens is 2. The summed E-state index contributed by atoms with van der Waals surface area (Å²) in [5, 5.41) is 31.2. The zero-order valence-electron chi connectivity index (χ0n) is 58.4. The van der Waals surface area contributed by atoms with Gasteiger partial charge in [-0.05, 0) is 93.3 Å². The van der Waals surface area contributed by atoms with E-state index in [2.05, 4.69) is 31.2 Å². The minimum Gasteiger partial charge on any atom is -0.505 e. The number of hydrogen-bond donors (Lipinski definition) is 6. The maximum absolute atomic E-state index is 15.0. The fraction of sp³-hybridized carbons (Fsp3) is 0.479. The Hall–Kier alpha value is -10.4. The van der Waals surface area contributed by atoms with Crippen molar-refractivity contribution in [2.24, 2.45) is 11.8 Å². The number of nitrogens with one attached hydrogen (secondary N) is 4. The SMILES string of the molecule is CC1=C\[C@@H](O)CC(=O)Cc2nc(co2)C(=O)N2CCCC2C(=O)O[C@H](C(C)C)[C@H](C)/C=C/C(=O)NC\C=C\1.CCC1NC(=O)C(NC(=O)c2ncccc2O)C(C)OC(=O)C(c2ccccc2)NC(=O)C2CC(=O)CCN2C(=O)C(Cc2ccc(N(C)C)cc2)N(C)C(=O)C2CCCN2C1=O. The molecule has 28 heteroatoms. The fourth-order valence-corrected chi connectivity index (χ4v) is 12.9. The van der Waals surface area contributed by atoms with Crippen molar-refractivity contribution >= 4 is 76.4 Å². The van der Waals surface area contributed by atoms with Crippen LogP contribution in [0.25, 0.3) is 0 Å². The van der Waals surface area contributed by atoms with Crippen molar-refractivity contribution in [1.29, 1.82) is 0 Å². The Kier molecular flexibility index (Phi) is 26.5. The molecule has 6 N–H and O–H groups in total. The molecule has 11 atom stereocenters. The highest BCUT2D eigenvalue weighted by atomic mass is 16.6. The normalized spacial score (nSPS) is 27.1. The molecule has 2 aromatic heterocycles. The summed E-state index contributed by atoms with van der Waals surface area (Å²) in [6.45, 7) is 11.2. The number of likely N-dealkylation sites (N-methyl/N-ethyl adjacent to an activating group) is 1. The van der Waals surface area contributed by atoms with E-state index in [4.69, 9.17) is 13.9 Å². The van der Waals surface area contributed by atoms with Gasteiger partial charge in [0.15, 0.2) is 17.4 Å². The predicted molar refractivity (Wildman–Crippen MR) is 367 cm³/mol. The van der Waals surface area contributed by atoms with E-state index in [1.54, 1.807) is 68.5 Å². The molecule has 540 valence electrons. The van der Waals surface area contributed by atoms with Crippen LogP contribution in [-0.2, 0) is 70.3 Å². The molecule has 7 heterocycles. The molecule has 4 saturated heterocycles. The number of oxazole rings is 1. The van der Waals surface area contributed by atoms with Crippen molar-refractivity contribution in [3.8, 4) is 5.75 Å². The van der Waals surface area contributed by atoms with Crippen molar-refractivity contribution < 1.29 is 81.6 Å². The van der Waals surface area contributed by atoms with E-state index in [1.807, 2.05) is 64.0 Å². The average molecular weight is 1390 g/mol. The van der Waals surface area contributed by atoms with Gasteiger partial charge >= 0.3 is 11.9 Å². The molecule has 101 heavy (non-hydrogen) atoms. The maximum Gasteiger partial charge on any atom is 0.333 e. The number of carbonyl (C=O) groups excluding carboxylic acids is 12. The second-order valence-corrected chi connectivity index (χ2v) is 26.4. The summed E-state index contributed by atoms with van der Waals surface area (Å²) >= 11 is 0. The van der Waals surface area contributed by atoms with Gasteiger partial charge in [-0.3, -0.25) is 47.9 Å². The monoisotopic (exact) mass is 1390 g/mol. The number of esters is 2. The molecule has 2 bridgehead atoms.